The summed E-state index contributed by atoms with van der Waals surface area (Å²) < 4.78 is 5.28. The molecule has 2 saturated heterocycles. The fourth-order valence-corrected chi connectivity index (χ4v) is 4.13. The van der Waals surface area contributed by atoms with Gasteiger partial charge in [-0.1, -0.05) is 0 Å². The summed E-state index contributed by atoms with van der Waals surface area (Å²) in [5.74, 6) is 0.524. The number of thiazole rings is 1. The largest absolute Gasteiger partial charge is 0.378 e. The van der Waals surface area contributed by atoms with E-state index < -0.39 is 0 Å². The van der Waals surface area contributed by atoms with Gasteiger partial charge < -0.3 is 14.5 Å². The Morgan fingerprint density at radius 2 is 1.96 bits per heavy atom. The molecule has 2 fully saturated rings. The van der Waals surface area contributed by atoms with Crippen LogP contribution in [0.15, 0.2) is 0 Å². The zero-order chi connectivity index (χ0) is 16.4. The monoisotopic (exact) mass is 337 g/mol. The van der Waals surface area contributed by atoms with Crippen LogP contribution < -0.4 is 0 Å². The summed E-state index contributed by atoms with van der Waals surface area (Å²) in [6.45, 7) is 7.84. The number of rotatable bonds is 3. The second-order valence-electron chi connectivity index (χ2n) is 6.25. The van der Waals surface area contributed by atoms with Crippen molar-refractivity contribution in [3.63, 3.8) is 0 Å². The lowest BCUT2D eigenvalue weighted by Gasteiger charge is -2.27. The average Bonchev–Trinajstić information content (AvgIpc) is 3.14. The van der Waals surface area contributed by atoms with Crippen LogP contribution in [-0.2, 0) is 9.53 Å². The molecule has 2 aliphatic heterocycles. The fourth-order valence-electron chi connectivity index (χ4n) is 3.25. The summed E-state index contributed by atoms with van der Waals surface area (Å²) in [4.78, 5) is 33.7. The van der Waals surface area contributed by atoms with Crippen LogP contribution in [0.5, 0.6) is 0 Å². The van der Waals surface area contributed by atoms with Gasteiger partial charge in [0.25, 0.3) is 5.91 Å². The highest BCUT2D eigenvalue weighted by Gasteiger charge is 2.31. The van der Waals surface area contributed by atoms with Crippen LogP contribution in [0.4, 0.5) is 0 Å². The SMILES string of the molecule is Cc1nc(C)c(C(=O)N2CCC(CC(=O)N3CCOCC3)C2)s1. The Bertz CT molecular complexity index is 595. The van der Waals surface area contributed by atoms with Gasteiger partial charge in [-0.05, 0) is 26.2 Å². The van der Waals surface area contributed by atoms with E-state index in [1.165, 1.54) is 11.3 Å². The fraction of sp³-hybridized carbons (Fsp3) is 0.688. The second-order valence-corrected chi connectivity index (χ2v) is 7.45. The van der Waals surface area contributed by atoms with Gasteiger partial charge in [-0.2, -0.15) is 0 Å². The Labute approximate surface area is 140 Å². The van der Waals surface area contributed by atoms with Crippen molar-refractivity contribution in [1.82, 2.24) is 14.8 Å². The minimum atomic E-state index is 0.0643. The van der Waals surface area contributed by atoms with E-state index in [4.69, 9.17) is 4.74 Å². The molecule has 1 atom stereocenters. The number of carbonyl (C=O) groups excluding carboxylic acids is 2. The van der Waals surface area contributed by atoms with Crippen molar-refractivity contribution in [2.75, 3.05) is 39.4 Å². The maximum absolute atomic E-state index is 12.6. The Hall–Kier alpha value is -1.47. The summed E-state index contributed by atoms with van der Waals surface area (Å²) in [6.07, 6.45) is 1.43. The standard InChI is InChI=1S/C16H23N3O3S/c1-11-15(23-12(2)17-11)16(21)19-4-3-13(10-19)9-14(20)18-5-7-22-8-6-18/h13H,3-10H2,1-2H3. The summed E-state index contributed by atoms with van der Waals surface area (Å²) >= 11 is 1.46. The average molecular weight is 337 g/mol. The van der Waals surface area contributed by atoms with E-state index in [0.29, 0.717) is 39.3 Å². The van der Waals surface area contributed by atoms with Gasteiger partial charge in [-0.25, -0.2) is 4.98 Å². The molecule has 1 aromatic heterocycles. The molecule has 1 unspecified atom stereocenters. The van der Waals surface area contributed by atoms with Crippen LogP contribution in [0.3, 0.4) is 0 Å². The molecule has 0 N–H and O–H groups in total. The molecule has 6 nitrogen and oxygen atoms in total. The van der Waals surface area contributed by atoms with Crippen molar-refractivity contribution in [3.8, 4) is 0 Å². The first-order valence-electron chi connectivity index (χ1n) is 8.13. The Morgan fingerprint density at radius 3 is 2.61 bits per heavy atom. The predicted molar refractivity (Wildman–Crippen MR) is 87.6 cm³/mol. The molecule has 0 spiro atoms. The quantitative estimate of drug-likeness (QED) is 0.838. The van der Waals surface area contributed by atoms with E-state index in [1.807, 2.05) is 23.6 Å². The Balaban J connectivity index is 1.54. The summed E-state index contributed by atoms with van der Waals surface area (Å²) in [6, 6.07) is 0. The minimum Gasteiger partial charge on any atom is -0.378 e. The lowest BCUT2D eigenvalue weighted by molar-refractivity contribution is -0.136. The summed E-state index contributed by atoms with van der Waals surface area (Å²) in [7, 11) is 0. The number of ether oxygens (including phenoxy) is 1. The normalized spacial score (nSPS) is 21.7. The molecule has 0 aromatic carbocycles. The molecule has 0 radical (unpaired) electrons. The van der Waals surface area contributed by atoms with Crippen LogP contribution in [-0.4, -0.2) is 66.0 Å². The zero-order valence-electron chi connectivity index (χ0n) is 13.7. The van der Waals surface area contributed by atoms with E-state index in [-0.39, 0.29) is 17.7 Å². The van der Waals surface area contributed by atoms with Crippen molar-refractivity contribution in [3.05, 3.63) is 15.6 Å². The van der Waals surface area contributed by atoms with Crippen molar-refractivity contribution in [2.45, 2.75) is 26.7 Å². The third kappa shape index (κ3) is 3.72. The van der Waals surface area contributed by atoms with Crippen LogP contribution in [0.2, 0.25) is 0 Å². The van der Waals surface area contributed by atoms with E-state index in [0.717, 1.165) is 28.5 Å². The Morgan fingerprint density at radius 1 is 1.22 bits per heavy atom. The van der Waals surface area contributed by atoms with Gasteiger partial charge in [-0.3, -0.25) is 9.59 Å². The van der Waals surface area contributed by atoms with E-state index >= 15 is 0 Å². The number of aryl methyl sites for hydroxylation is 2. The van der Waals surface area contributed by atoms with Gasteiger partial charge in [0, 0.05) is 32.6 Å². The molecule has 126 valence electrons. The van der Waals surface area contributed by atoms with Gasteiger partial charge in [0.2, 0.25) is 5.91 Å². The van der Waals surface area contributed by atoms with Gasteiger partial charge in [0.1, 0.15) is 4.88 Å². The molecular formula is C16H23N3O3S. The lowest BCUT2D eigenvalue weighted by atomic mass is 10.0. The highest BCUT2D eigenvalue weighted by Crippen LogP contribution is 2.25. The molecule has 1 aromatic rings. The molecule has 3 rings (SSSR count). The Kier molecular flexibility index (Phi) is 4.96. The number of carbonyl (C=O) groups is 2. The number of hydrogen-bond donors (Lipinski definition) is 0. The molecule has 0 aliphatic carbocycles. The van der Waals surface area contributed by atoms with Crippen molar-refractivity contribution in [1.29, 1.82) is 0 Å². The topological polar surface area (TPSA) is 62.7 Å². The van der Waals surface area contributed by atoms with Crippen LogP contribution >= 0.6 is 11.3 Å². The second kappa shape index (κ2) is 6.97. The molecule has 0 saturated carbocycles. The van der Waals surface area contributed by atoms with Crippen molar-refractivity contribution < 1.29 is 14.3 Å². The van der Waals surface area contributed by atoms with Crippen molar-refractivity contribution >= 4 is 23.2 Å². The number of likely N-dealkylation sites (tertiary alicyclic amines) is 1. The molecular weight excluding hydrogens is 314 g/mol. The smallest absolute Gasteiger partial charge is 0.265 e. The maximum atomic E-state index is 12.6. The van der Waals surface area contributed by atoms with Crippen LogP contribution in [0.1, 0.15) is 33.2 Å². The third-order valence-electron chi connectivity index (χ3n) is 4.50. The van der Waals surface area contributed by atoms with E-state index in [9.17, 15) is 9.59 Å². The van der Waals surface area contributed by atoms with Gasteiger partial charge >= 0.3 is 0 Å². The van der Waals surface area contributed by atoms with Gasteiger partial charge in [0.15, 0.2) is 0 Å². The summed E-state index contributed by atoms with van der Waals surface area (Å²) in [5.41, 5.74) is 0.811. The molecule has 2 amide bonds. The number of hydrogen-bond acceptors (Lipinski definition) is 5. The predicted octanol–water partition coefficient (Wildman–Crippen LogP) is 1.47. The van der Waals surface area contributed by atoms with Gasteiger partial charge in [-0.15, -0.1) is 11.3 Å². The molecule has 7 heteroatoms. The number of nitrogens with zero attached hydrogens (tertiary/aromatic N) is 3. The molecule has 23 heavy (non-hydrogen) atoms. The molecule has 2 aliphatic rings. The third-order valence-corrected chi connectivity index (χ3v) is 5.56. The maximum Gasteiger partial charge on any atom is 0.265 e. The number of aromatic nitrogens is 1. The lowest BCUT2D eigenvalue weighted by Crippen LogP contribution is -2.41. The number of amides is 2. The van der Waals surface area contributed by atoms with Crippen LogP contribution in [0, 0.1) is 19.8 Å². The number of morpholine rings is 1. The minimum absolute atomic E-state index is 0.0643. The van der Waals surface area contributed by atoms with E-state index in [2.05, 4.69) is 4.98 Å². The molecule has 0 bridgehead atoms. The van der Waals surface area contributed by atoms with Gasteiger partial charge in [0.05, 0.1) is 23.9 Å². The first kappa shape index (κ1) is 16.4. The van der Waals surface area contributed by atoms with E-state index in [1.54, 1.807) is 0 Å². The first-order valence-corrected chi connectivity index (χ1v) is 8.95. The first-order chi connectivity index (χ1) is 11.0. The zero-order valence-corrected chi connectivity index (χ0v) is 14.5. The van der Waals surface area contributed by atoms with Crippen molar-refractivity contribution in [2.24, 2.45) is 5.92 Å². The summed E-state index contributed by atoms with van der Waals surface area (Å²) in [5, 5.41) is 0.920. The highest BCUT2D eigenvalue weighted by atomic mass is 32.1. The highest BCUT2D eigenvalue weighted by molar-refractivity contribution is 7.13. The molecule has 3 heterocycles. The van der Waals surface area contributed by atoms with Crippen LogP contribution in [0.25, 0.3) is 0 Å².